The first kappa shape index (κ1) is 33.6. The monoisotopic (exact) mass is 619 g/mol. The molecule has 7 nitrogen and oxygen atoms in total. The third kappa shape index (κ3) is 7.16. The van der Waals surface area contributed by atoms with Crippen LogP contribution >= 0.6 is 12.2 Å². The minimum Gasteiger partial charge on any atom is -0.334 e. The lowest BCUT2D eigenvalue weighted by Crippen LogP contribution is -2.60. The molecular formula is C28H35F6N5O2S. The van der Waals surface area contributed by atoms with Crippen molar-refractivity contribution in [1.29, 1.82) is 5.26 Å². The maximum Gasteiger partial charge on any atom is 0.471 e. The number of rotatable bonds is 9. The van der Waals surface area contributed by atoms with E-state index in [-0.39, 0.29) is 36.0 Å². The molecule has 14 heteroatoms. The minimum absolute atomic E-state index is 0.0317. The van der Waals surface area contributed by atoms with Crippen LogP contribution in [0.3, 0.4) is 0 Å². The topological polar surface area (TPSA) is 70.9 Å². The molecule has 0 spiro atoms. The standard InChI is InChI=1S/C28H35F6N5O2S/c1-18-16-36(24(41)28(32,33)34)17-19(2)37(18)12-8-6-5-7-9-13-38-25(42)39(23(40)26(38,3)4)21-11-10-20(15-35)22(14-21)27(29,30)31/h10-11,14,18-19H,5-9,12-13,16-17H2,1-4H3/t18-,19+. The van der Waals surface area contributed by atoms with Crippen LogP contribution in [-0.4, -0.2) is 81.6 Å². The van der Waals surface area contributed by atoms with E-state index in [4.69, 9.17) is 17.5 Å². The molecule has 2 heterocycles. The van der Waals surface area contributed by atoms with Gasteiger partial charge in [0.2, 0.25) is 0 Å². The summed E-state index contributed by atoms with van der Waals surface area (Å²) in [5.74, 6) is -2.25. The normalized spacial score (nSPS) is 21.7. The molecule has 3 rings (SSSR count). The predicted octanol–water partition coefficient (Wildman–Crippen LogP) is 5.72. The second-order valence-corrected chi connectivity index (χ2v) is 11.7. The number of unbranched alkanes of at least 4 members (excludes halogenated alkanes) is 4. The number of nitriles is 1. The fourth-order valence-electron chi connectivity index (χ4n) is 5.68. The smallest absolute Gasteiger partial charge is 0.334 e. The average Bonchev–Trinajstić information content (AvgIpc) is 3.05. The SMILES string of the molecule is C[C@@H]1CN(C(=O)C(F)(F)F)C[C@H](C)N1CCCCCCCN1C(=S)N(c2ccc(C#N)c(C(F)(F)F)c2)C(=O)C1(C)C. The molecule has 0 N–H and O–H groups in total. The van der Waals surface area contributed by atoms with Gasteiger partial charge in [0.1, 0.15) is 5.54 Å². The number of carbonyl (C=O) groups is 2. The highest BCUT2D eigenvalue weighted by Crippen LogP contribution is 2.38. The molecule has 2 fully saturated rings. The van der Waals surface area contributed by atoms with E-state index in [9.17, 15) is 35.9 Å². The molecule has 0 bridgehead atoms. The van der Waals surface area contributed by atoms with Crippen molar-refractivity contribution >= 4 is 34.8 Å². The Bertz CT molecular complexity index is 1220. The van der Waals surface area contributed by atoms with Gasteiger partial charge in [-0.05, 0) is 77.5 Å². The van der Waals surface area contributed by atoms with Crippen molar-refractivity contribution in [3.8, 4) is 6.07 Å². The zero-order valence-electron chi connectivity index (χ0n) is 24.0. The Hall–Kier alpha value is -2.92. The quantitative estimate of drug-likeness (QED) is 0.200. The highest BCUT2D eigenvalue weighted by molar-refractivity contribution is 7.80. The first-order valence-corrected chi connectivity index (χ1v) is 14.2. The number of hydrogen-bond acceptors (Lipinski definition) is 5. The average molecular weight is 620 g/mol. The fourth-order valence-corrected chi connectivity index (χ4v) is 6.19. The zero-order valence-corrected chi connectivity index (χ0v) is 24.8. The third-order valence-electron chi connectivity index (χ3n) is 7.94. The summed E-state index contributed by atoms with van der Waals surface area (Å²) in [4.78, 5) is 30.6. The van der Waals surface area contributed by atoms with Crippen molar-refractivity contribution in [2.24, 2.45) is 0 Å². The largest absolute Gasteiger partial charge is 0.471 e. The maximum atomic E-state index is 13.5. The second kappa shape index (κ2) is 12.8. The number of halogens is 6. The molecule has 0 aromatic heterocycles. The molecule has 1 aromatic carbocycles. The summed E-state index contributed by atoms with van der Waals surface area (Å²) in [6.45, 7) is 8.17. The summed E-state index contributed by atoms with van der Waals surface area (Å²) in [5, 5.41) is 9.17. The van der Waals surface area contributed by atoms with Crippen LogP contribution in [0.5, 0.6) is 0 Å². The predicted molar refractivity (Wildman–Crippen MR) is 148 cm³/mol. The van der Waals surface area contributed by atoms with Crippen LogP contribution < -0.4 is 4.90 Å². The molecule has 2 saturated heterocycles. The molecule has 1 aromatic rings. The lowest BCUT2D eigenvalue weighted by atomic mass is 10.0. The van der Waals surface area contributed by atoms with Gasteiger partial charge in [-0.25, -0.2) is 0 Å². The Balaban J connectivity index is 1.49. The number of carbonyl (C=O) groups excluding carboxylic acids is 2. The van der Waals surface area contributed by atoms with Gasteiger partial charge in [0.15, 0.2) is 5.11 Å². The van der Waals surface area contributed by atoms with Crippen molar-refractivity contribution in [1.82, 2.24) is 14.7 Å². The lowest BCUT2D eigenvalue weighted by molar-refractivity contribution is -0.189. The molecule has 2 aliphatic rings. The van der Waals surface area contributed by atoms with Gasteiger partial charge < -0.3 is 9.80 Å². The lowest BCUT2D eigenvalue weighted by Gasteiger charge is -2.44. The number of nitrogens with zero attached hydrogens (tertiary/aromatic N) is 5. The summed E-state index contributed by atoms with van der Waals surface area (Å²) in [6, 6.07) is 4.24. The van der Waals surface area contributed by atoms with E-state index in [0.717, 1.165) is 47.6 Å². The van der Waals surface area contributed by atoms with Crippen molar-refractivity contribution in [2.45, 2.75) is 89.8 Å². The first-order valence-electron chi connectivity index (χ1n) is 13.8. The molecule has 0 radical (unpaired) electrons. The number of amides is 2. The van der Waals surface area contributed by atoms with Crippen LogP contribution in [0.4, 0.5) is 32.0 Å². The number of hydrogen-bond donors (Lipinski definition) is 0. The van der Waals surface area contributed by atoms with Crippen LogP contribution in [0.15, 0.2) is 18.2 Å². The van der Waals surface area contributed by atoms with E-state index < -0.39 is 40.8 Å². The Morgan fingerprint density at radius 2 is 1.55 bits per heavy atom. The Kier molecular flexibility index (Phi) is 10.2. The van der Waals surface area contributed by atoms with Gasteiger partial charge in [-0.1, -0.05) is 19.3 Å². The van der Waals surface area contributed by atoms with Gasteiger partial charge in [-0.2, -0.15) is 31.6 Å². The van der Waals surface area contributed by atoms with E-state index in [1.54, 1.807) is 18.7 Å². The van der Waals surface area contributed by atoms with Crippen LogP contribution in [-0.2, 0) is 15.8 Å². The number of alkyl halides is 6. The summed E-state index contributed by atoms with van der Waals surface area (Å²) < 4.78 is 78.9. The summed E-state index contributed by atoms with van der Waals surface area (Å²) in [6.07, 6.45) is -5.54. The van der Waals surface area contributed by atoms with Gasteiger partial charge in [0, 0.05) is 31.7 Å². The summed E-state index contributed by atoms with van der Waals surface area (Å²) in [7, 11) is 0. The van der Waals surface area contributed by atoms with Crippen LogP contribution in [0.2, 0.25) is 0 Å². The highest BCUT2D eigenvalue weighted by Gasteiger charge is 2.49. The molecule has 2 amide bonds. The summed E-state index contributed by atoms with van der Waals surface area (Å²) >= 11 is 5.52. The van der Waals surface area contributed by atoms with Gasteiger partial charge >= 0.3 is 18.3 Å². The number of benzene rings is 1. The molecule has 0 saturated carbocycles. The van der Waals surface area contributed by atoms with E-state index in [1.165, 1.54) is 12.1 Å². The number of piperazine rings is 1. The molecule has 42 heavy (non-hydrogen) atoms. The molecule has 2 aliphatic heterocycles. The van der Waals surface area contributed by atoms with Gasteiger partial charge in [0.05, 0.1) is 22.9 Å². The third-order valence-corrected chi connectivity index (χ3v) is 8.34. The van der Waals surface area contributed by atoms with Crippen LogP contribution in [0, 0.1) is 11.3 Å². The molecule has 0 unspecified atom stereocenters. The zero-order chi connectivity index (χ0) is 31.6. The Morgan fingerprint density at radius 1 is 1.00 bits per heavy atom. The first-order chi connectivity index (χ1) is 19.4. The van der Waals surface area contributed by atoms with Crippen molar-refractivity contribution < 1.29 is 35.9 Å². The van der Waals surface area contributed by atoms with Crippen molar-refractivity contribution in [3.63, 3.8) is 0 Å². The van der Waals surface area contributed by atoms with Crippen molar-refractivity contribution in [2.75, 3.05) is 31.1 Å². The molecular weight excluding hydrogens is 584 g/mol. The van der Waals surface area contributed by atoms with Crippen molar-refractivity contribution in [3.05, 3.63) is 29.3 Å². The van der Waals surface area contributed by atoms with E-state index in [2.05, 4.69) is 4.90 Å². The van der Waals surface area contributed by atoms with Gasteiger partial charge in [0.25, 0.3) is 5.91 Å². The van der Waals surface area contributed by atoms with Gasteiger partial charge in [-0.15, -0.1) is 0 Å². The fraction of sp³-hybridized carbons (Fsp3) is 0.643. The van der Waals surface area contributed by atoms with E-state index in [0.29, 0.717) is 19.5 Å². The van der Waals surface area contributed by atoms with Crippen LogP contribution in [0.25, 0.3) is 0 Å². The minimum atomic E-state index is -4.87. The summed E-state index contributed by atoms with van der Waals surface area (Å²) in [5.41, 5.74) is -2.78. The van der Waals surface area contributed by atoms with E-state index in [1.807, 2.05) is 13.8 Å². The molecule has 0 aliphatic carbocycles. The Morgan fingerprint density at radius 3 is 2.07 bits per heavy atom. The number of thiocarbonyl (C=S) groups is 1. The van der Waals surface area contributed by atoms with Gasteiger partial charge in [-0.3, -0.25) is 19.4 Å². The second-order valence-electron chi connectivity index (χ2n) is 11.4. The highest BCUT2D eigenvalue weighted by atomic mass is 32.1. The molecule has 232 valence electrons. The van der Waals surface area contributed by atoms with E-state index >= 15 is 0 Å². The van der Waals surface area contributed by atoms with Crippen LogP contribution in [0.1, 0.15) is 70.9 Å². The maximum absolute atomic E-state index is 13.5. The Labute approximate surface area is 247 Å². The number of anilines is 1. The molecule has 2 atom stereocenters.